The van der Waals surface area contributed by atoms with Crippen molar-refractivity contribution in [1.82, 2.24) is 4.90 Å². The number of piperidine rings is 1. The zero-order chi connectivity index (χ0) is 20.4. The SMILES string of the molecule is COc1cc(N2CCN3C(CCC[C@H]3c3ccc(OC)c(OC)c3)C2)ccc1Cl. The van der Waals surface area contributed by atoms with Crippen LogP contribution in [0.1, 0.15) is 30.9 Å². The Labute approximate surface area is 178 Å². The molecule has 4 rings (SSSR count). The summed E-state index contributed by atoms with van der Waals surface area (Å²) in [5.41, 5.74) is 2.49. The quantitative estimate of drug-likeness (QED) is 0.700. The lowest BCUT2D eigenvalue weighted by atomic mass is 9.89. The first kappa shape index (κ1) is 20.2. The van der Waals surface area contributed by atoms with Gasteiger partial charge in [0.1, 0.15) is 5.75 Å². The molecule has 0 saturated carbocycles. The van der Waals surface area contributed by atoms with Gasteiger partial charge in [0.25, 0.3) is 0 Å². The highest BCUT2D eigenvalue weighted by Crippen LogP contribution is 2.40. The first-order valence-electron chi connectivity index (χ1n) is 10.2. The molecule has 1 unspecified atom stereocenters. The van der Waals surface area contributed by atoms with Gasteiger partial charge in [-0.2, -0.15) is 0 Å². The largest absolute Gasteiger partial charge is 0.495 e. The second-order valence-corrected chi connectivity index (χ2v) is 8.12. The molecule has 0 bridgehead atoms. The van der Waals surface area contributed by atoms with Crippen LogP contribution < -0.4 is 19.1 Å². The van der Waals surface area contributed by atoms with Crippen molar-refractivity contribution in [2.24, 2.45) is 0 Å². The minimum atomic E-state index is 0.426. The summed E-state index contributed by atoms with van der Waals surface area (Å²) in [4.78, 5) is 5.13. The van der Waals surface area contributed by atoms with Gasteiger partial charge in [-0.15, -0.1) is 0 Å². The molecule has 2 atom stereocenters. The third-order valence-corrected chi connectivity index (χ3v) is 6.55. The van der Waals surface area contributed by atoms with Gasteiger partial charge < -0.3 is 19.1 Å². The van der Waals surface area contributed by atoms with Crippen LogP contribution in [0.3, 0.4) is 0 Å². The van der Waals surface area contributed by atoms with E-state index in [-0.39, 0.29) is 0 Å². The predicted octanol–water partition coefficient (Wildman–Crippen LogP) is 4.78. The third-order valence-electron chi connectivity index (χ3n) is 6.24. The van der Waals surface area contributed by atoms with Gasteiger partial charge in [-0.05, 0) is 49.1 Å². The Morgan fingerprint density at radius 3 is 2.41 bits per heavy atom. The molecule has 2 fully saturated rings. The van der Waals surface area contributed by atoms with E-state index in [1.165, 1.54) is 30.5 Å². The molecule has 0 N–H and O–H groups in total. The number of halogens is 1. The van der Waals surface area contributed by atoms with E-state index in [0.29, 0.717) is 17.1 Å². The number of methoxy groups -OCH3 is 3. The lowest BCUT2D eigenvalue weighted by Gasteiger charge is -2.49. The highest BCUT2D eigenvalue weighted by molar-refractivity contribution is 6.32. The molecule has 156 valence electrons. The molecule has 5 nitrogen and oxygen atoms in total. The first-order valence-corrected chi connectivity index (χ1v) is 10.6. The number of hydrogen-bond donors (Lipinski definition) is 0. The molecular weight excluding hydrogens is 388 g/mol. The summed E-state index contributed by atoms with van der Waals surface area (Å²) in [5.74, 6) is 2.32. The molecule has 2 saturated heterocycles. The maximum atomic E-state index is 6.21. The van der Waals surface area contributed by atoms with Gasteiger partial charge in [0.15, 0.2) is 11.5 Å². The van der Waals surface area contributed by atoms with E-state index >= 15 is 0 Å². The Morgan fingerprint density at radius 1 is 0.862 bits per heavy atom. The van der Waals surface area contributed by atoms with Crippen LogP contribution in [0, 0.1) is 0 Å². The molecule has 2 aliphatic heterocycles. The summed E-state index contributed by atoms with van der Waals surface area (Å²) in [5, 5.41) is 0.654. The van der Waals surface area contributed by atoms with Crippen LogP contribution in [0.4, 0.5) is 5.69 Å². The van der Waals surface area contributed by atoms with Crippen LogP contribution in [0.5, 0.6) is 17.2 Å². The Kier molecular flexibility index (Phi) is 6.07. The van der Waals surface area contributed by atoms with Crippen LogP contribution in [-0.2, 0) is 0 Å². The van der Waals surface area contributed by atoms with Crippen molar-refractivity contribution in [2.75, 3.05) is 45.9 Å². The number of rotatable bonds is 5. The van der Waals surface area contributed by atoms with E-state index in [2.05, 4.69) is 28.0 Å². The van der Waals surface area contributed by atoms with Crippen molar-refractivity contribution in [1.29, 1.82) is 0 Å². The topological polar surface area (TPSA) is 34.2 Å². The summed E-state index contributed by atoms with van der Waals surface area (Å²) >= 11 is 6.21. The average Bonchev–Trinajstić information content (AvgIpc) is 2.78. The molecule has 0 spiro atoms. The Morgan fingerprint density at radius 2 is 1.66 bits per heavy atom. The van der Waals surface area contributed by atoms with Gasteiger partial charge in [0, 0.05) is 43.5 Å². The average molecular weight is 417 g/mol. The minimum Gasteiger partial charge on any atom is -0.495 e. The number of ether oxygens (including phenoxy) is 3. The minimum absolute atomic E-state index is 0.426. The molecule has 2 aliphatic rings. The van der Waals surface area contributed by atoms with Crippen LogP contribution in [-0.4, -0.2) is 51.9 Å². The zero-order valence-corrected chi connectivity index (χ0v) is 18.1. The smallest absolute Gasteiger partial charge is 0.161 e. The van der Waals surface area contributed by atoms with Gasteiger partial charge in [0.2, 0.25) is 0 Å². The maximum Gasteiger partial charge on any atom is 0.161 e. The van der Waals surface area contributed by atoms with E-state index in [0.717, 1.165) is 36.9 Å². The normalized spacial score (nSPS) is 22.1. The van der Waals surface area contributed by atoms with E-state index < -0.39 is 0 Å². The van der Waals surface area contributed by atoms with Crippen LogP contribution >= 0.6 is 11.6 Å². The van der Waals surface area contributed by atoms with Crippen molar-refractivity contribution in [3.05, 3.63) is 47.0 Å². The fourth-order valence-corrected chi connectivity index (χ4v) is 4.94. The molecule has 6 heteroatoms. The third kappa shape index (κ3) is 3.99. The van der Waals surface area contributed by atoms with Crippen molar-refractivity contribution < 1.29 is 14.2 Å². The van der Waals surface area contributed by atoms with E-state index in [1.807, 2.05) is 18.2 Å². The van der Waals surface area contributed by atoms with E-state index in [9.17, 15) is 0 Å². The summed E-state index contributed by atoms with van der Waals surface area (Å²) in [6.45, 7) is 3.05. The highest BCUT2D eigenvalue weighted by Gasteiger charge is 2.36. The van der Waals surface area contributed by atoms with Crippen molar-refractivity contribution in [2.45, 2.75) is 31.3 Å². The van der Waals surface area contributed by atoms with Gasteiger partial charge in [-0.25, -0.2) is 0 Å². The molecule has 29 heavy (non-hydrogen) atoms. The number of anilines is 1. The van der Waals surface area contributed by atoms with Crippen LogP contribution in [0.2, 0.25) is 5.02 Å². The monoisotopic (exact) mass is 416 g/mol. The summed E-state index contributed by atoms with van der Waals surface area (Å²) in [6, 6.07) is 13.4. The number of fused-ring (bicyclic) bond motifs is 1. The fourth-order valence-electron chi connectivity index (χ4n) is 4.75. The number of hydrogen-bond acceptors (Lipinski definition) is 5. The van der Waals surface area contributed by atoms with Crippen molar-refractivity contribution >= 4 is 17.3 Å². The van der Waals surface area contributed by atoms with Crippen molar-refractivity contribution in [3.63, 3.8) is 0 Å². The first-order chi connectivity index (χ1) is 14.1. The number of piperazine rings is 1. The molecule has 2 aromatic carbocycles. The Balaban J connectivity index is 1.53. The maximum absolute atomic E-state index is 6.21. The van der Waals surface area contributed by atoms with Crippen LogP contribution in [0.25, 0.3) is 0 Å². The summed E-state index contributed by atoms with van der Waals surface area (Å²) in [7, 11) is 5.04. The van der Waals surface area contributed by atoms with Gasteiger partial charge in [-0.1, -0.05) is 17.7 Å². The van der Waals surface area contributed by atoms with Gasteiger partial charge >= 0.3 is 0 Å². The highest BCUT2D eigenvalue weighted by atomic mass is 35.5. The number of benzene rings is 2. The standard InChI is InChI=1S/C23H29ClN2O3/c1-27-21-10-7-16(13-23(21)29-3)20-6-4-5-18-15-25(11-12-26(18)20)17-8-9-19(24)22(14-17)28-2/h7-10,13-14,18,20H,4-6,11-12,15H2,1-3H3/t18?,20-/m0/s1. The number of nitrogens with zero attached hydrogens (tertiary/aromatic N) is 2. The van der Waals surface area contributed by atoms with Crippen molar-refractivity contribution in [3.8, 4) is 17.2 Å². The summed E-state index contributed by atoms with van der Waals surface area (Å²) in [6.07, 6.45) is 3.64. The Bertz CT molecular complexity index is 860. The van der Waals surface area contributed by atoms with Gasteiger partial charge in [0.05, 0.1) is 26.4 Å². The Hall–Kier alpha value is -2.11. The van der Waals surface area contributed by atoms with E-state index in [1.54, 1.807) is 21.3 Å². The second-order valence-electron chi connectivity index (χ2n) is 7.72. The molecule has 0 radical (unpaired) electrons. The lowest BCUT2D eigenvalue weighted by molar-refractivity contribution is 0.0715. The lowest BCUT2D eigenvalue weighted by Crippen LogP contribution is -2.55. The van der Waals surface area contributed by atoms with Gasteiger partial charge in [-0.3, -0.25) is 4.90 Å². The molecule has 2 heterocycles. The van der Waals surface area contributed by atoms with Crippen LogP contribution in [0.15, 0.2) is 36.4 Å². The molecule has 0 aromatic heterocycles. The predicted molar refractivity (Wildman–Crippen MR) is 117 cm³/mol. The molecular formula is C23H29ClN2O3. The summed E-state index contributed by atoms with van der Waals surface area (Å²) < 4.78 is 16.4. The van der Waals surface area contributed by atoms with E-state index in [4.69, 9.17) is 25.8 Å². The zero-order valence-electron chi connectivity index (χ0n) is 17.4. The second kappa shape index (κ2) is 8.72. The molecule has 2 aromatic rings. The molecule has 0 amide bonds. The molecule has 0 aliphatic carbocycles. The fraction of sp³-hybridized carbons (Fsp3) is 0.478.